The van der Waals surface area contributed by atoms with E-state index in [0.717, 1.165) is 47.2 Å². The number of hydrogen-bond donors (Lipinski definition) is 1. The minimum Gasteiger partial charge on any atom is -0.445 e. The van der Waals surface area contributed by atoms with Crippen LogP contribution in [0.25, 0.3) is 10.9 Å². The maximum atomic E-state index is 13.1. The molecule has 3 heterocycles. The molecule has 1 aliphatic rings. The fourth-order valence-electron chi connectivity index (χ4n) is 4.29. The highest BCUT2D eigenvalue weighted by molar-refractivity contribution is 5.98. The van der Waals surface area contributed by atoms with Gasteiger partial charge >= 0.3 is 0 Å². The Kier molecular flexibility index (Phi) is 5.06. The van der Waals surface area contributed by atoms with E-state index in [9.17, 15) is 9.18 Å². The summed E-state index contributed by atoms with van der Waals surface area (Å²) in [4.78, 5) is 22.7. The average Bonchev–Trinajstić information content (AvgIpc) is 3.42. The molecular formula is C25H24FN3O2. The van der Waals surface area contributed by atoms with Crippen LogP contribution in [0.1, 0.15) is 52.0 Å². The Morgan fingerprint density at radius 2 is 2.06 bits per heavy atom. The molecule has 2 aromatic heterocycles. The number of benzene rings is 2. The molecule has 1 aliphatic heterocycles. The summed E-state index contributed by atoms with van der Waals surface area (Å²) in [7, 11) is 0. The predicted molar refractivity (Wildman–Crippen MR) is 117 cm³/mol. The summed E-state index contributed by atoms with van der Waals surface area (Å²) in [6.07, 6.45) is 4.15. The van der Waals surface area contributed by atoms with Crippen molar-refractivity contribution >= 4 is 16.8 Å². The van der Waals surface area contributed by atoms with E-state index < -0.39 is 0 Å². The summed E-state index contributed by atoms with van der Waals surface area (Å²) in [6.45, 7) is 3.36. The highest BCUT2D eigenvalue weighted by Gasteiger charge is 2.29. The maximum Gasteiger partial charge on any atom is 0.270 e. The van der Waals surface area contributed by atoms with Crippen molar-refractivity contribution in [1.82, 2.24) is 14.9 Å². The van der Waals surface area contributed by atoms with Gasteiger partial charge in [-0.1, -0.05) is 24.3 Å². The lowest BCUT2D eigenvalue weighted by molar-refractivity contribution is 0.0693. The number of fused-ring (bicyclic) bond motifs is 1. The monoisotopic (exact) mass is 417 g/mol. The Morgan fingerprint density at radius 3 is 2.90 bits per heavy atom. The lowest BCUT2D eigenvalue weighted by Crippen LogP contribution is -2.39. The van der Waals surface area contributed by atoms with Gasteiger partial charge < -0.3 is 14.3 Å². The van der Waals surface area contributed by atoms with Gasteiger partial charge in [0.1, 0.15) is 17.3 Å². The molecular weight excluding hydrogens is 393 g/mol. The van der Waals surface area contributed by atoms with E-state index in [1.807, 2.05) is 30.0 Å². The molecule has 1 amide bonds. The van der Waals surface area contributed by atoms with Gasteiger partial charge in [-0.3, -0.25) is 4.79 Å². The van der Waals surface area contributed by atoms with E-state index in [0.29, 0.717) is 24.6 Å². The largest absolute Gasteiger partial charge is 0.445 e. The zero-order chi connectivity index (χ0) is 21.4. The van der Waals surface area contributed by atoms with Crippen LogP contribution in [0.15, 0.2) is 59.1 Å². The third-order valence-electron chi connectivity index (χ3n) is 5.93. The molecule has 158 valence electrons. The summed E-state index contributed by atoms with van der Waals surface area (Å²) >= 11 is 0. The van der Waals surface area contributed by atoms with E-state index in [4.69, 9.17) is 4.42 Å². The lowest BCUT2D eigenvalue weighted by Gasteiger charge is -2.31. The molecule has 31 heavy (non-hydrogen) atoms. The molecule has 1 N–H and O–H groups in total. The van der Waals surface area contributed by atoms with Crippen molar-refractivity contribution in [2.75, 3.05) is 13.1 Å². The zero-order valence-electron chi connectivity index (χ0n) is 17.4. The van der Waals surface area contributed by atoms with E-state index in [-0.39, 0.29) is 17.6 Å². The standard InChI is InChI=1S/C25H24FN3O2/c1-16-4-7-18-13-23(28-22(18)11-16)25(30)29-10-2-3-19(15-29)24-27-14-21(31-24)12-17-5-8-20(26)9-6-17/h4-9,11,13-14,19,28H,2-3,10,12,15H2,1H3/t19-/m1/s1. The van der Waals surface area contributed by atoms with Gasteiger partial charge in [0.15, 0.2) is 5.89 Å². The molecule has 2 aromatic carbocycles. The van der Waals surface area contributed by atoms with Crippen LogP contribution in [-0.2, 0) is 6.42 Å². The highest BCUT2D eigenvalue weighted by Crippen LogP contribution is 2.28. The first-order valence-electron chi connectivity index (χ1n) is 10.6. The molecule has 5 rings (SSSR count). The number of nitrogens with zero attached hydrogens (tertiary/aromatic N) is 2. The zero-order valence-corrected chi connectivity index (χ0v) is 17.4. The number of aromatic amines is 1. The van der Waals surface area contributed by atoms with Gasteiger partial charge in [-0.15, -0.1) is 0 Å². The molecule has 0 radical (unpaired) electrons. The Bertz CT molecular complexity index is 1230. The molecule has 0 bridgehead atoms. The Hall–Kier alpha value is -3.41. The molecule has 4 aromatic rings. The van der Waals surface area contributed by atoms with Crippen LogP contribution >= 0.6 is 0 Å². The second-order valence-electron chi connectivity index (χ2n) is 8.33. The number of carbonyl (C=O) groups excluding carboxylic acids is 1. The van der Waals surface area contributed by atoms with Crippen molar-refractivity contribution in [2.45, 2.75) is 32.1 Å². The summed E-state index contributed by atoms with van der Waals surface area (Å²) < 4.78 is 19.1. The van der Waals surface area contributed by atoms with Gasteiger partial charge in [0.2, 0.25) is 0 Å². The molecule has 1 saturated heterocycles. The van der Waals surface area contributed by atoms with Gasteiger partial charge in [0, 0.05) is 30.4 Å². The second-order valence-corrected chi connectivity index (χ2v) is 8.33. The molecule has 0 unspecified atom stereocenters. The summed E-state index contributed by atoms with van der Waals surface area (Å²) in [6, 6.07) is 14.5. The summed E-state index contributed by atoms with van der Waals surface area (Å²) in [5.74, 6) is 1.25. The maximum absolute atomic E-state index is 13.1. The number of halogens is 1. The molecule has 0 aliphatic carbocycles. The van der Waals surface area contributed by atoms with Crippen molar-refractivity contribution in [2.24, 2.45) is 0 Å². The fourth-order valence-corrected chi connectivity index (χ4v) is 4.29. The number of H-pyrrole nitrogens is 1. The quantitative estimate of drug-likeness (QED) is 0.496. The minimum absolute atomic E-state index is 0.0108. The van der Waals surface area contributed by atoms with Crippen molar-refractivity contribution in [3.05, 3.63) is 89.0 Å². The molecule has 5 nitrogen and oxygen atoms in total. The van der Waals surface area contributed by atoms with E-state index in [1.54, 1.807) is 18.3 Å². The first-order chi connectivity index (χ1) is 15.0. The van der Waals surface area contributed by atoms with Crippen molar-refractivity contribution in [3.63, 3.8) is 0 Å². The molecule has 6 heteroatoms. The normalized spacial score (nSPS) is 16.7. The smallest absolute Gasteiger partial charge is 0.270 e. The third-order valence-corrected chi connectivity index (χ3v) is 5.93. The van der Waals surface area contributed by atoms with E-state index in [1.165, 1.54) is 12.1 Å². The summed E-state index contributed by atoms with van der Waals surface area (Å²) in [5.41, 5.74) is 3.73. The van der Waals surface area contributed by atoms with Crippen LogP contribution in [0.5, 0.6) is 0 Å². The number of aromatic nitrogens is 2. The number of rotatable bonds is 4. The number of carbonyl (C=O) groups is 1. The number of amides is 1. The predicted octanol–water partition coefficient (Wildman–Crippen LogP) is 5.21. The van der Waals surface area contributed by atoms with Crippen LogP contribution in [0.4, 0.5) is 4.39 Å². The van der Waals surface area contributed by atoms with Gasteiger partial charge in [0.05, 0.1) is 12.1 Å². The number of aryl methyl sites for hydroxylation is 1. The van der Waals surface area contributed by atoms with Crippen LogP contribution in [0, 0.1) is 12.7 Å². The third kappa shape index (κ3) is 4.10. The van der Waals surface area contributed by atoms with Gasteiger partial charge in [0.25, 0.3) is 5.91 Å². The van der Waals surface area contributed by atoms with Crippen molar-refractivity contribution < 1.29 is 13.6 Å². The average molecular weight is 417 g/mol. The van der Waals surface area contributed by atoms with Gasteiger partial charge in [-0.2, -0.15) is 0 Å². The highest BCUT2D eigenvalue weighted by atomic mass is 19.1. The lowest BCUT2D eigenvalue weighted by atomic mass is 9.97. The Morgan fingerprint density at radius 1 is 1.23 bits per heavy atom. The molecule has 0 saturated carbocycles. The van der Waals surface area contributed by atoms with Crippen LogP contribution < -0.4 is 0 Å². The topological polar surface area (TPSA) is 62.1 Å². The Balaban J connectivity index is 1.29. The van der Waals surface area contributed by atoms with Crippen LogP contribution in [0.2, 0.25) is 0 Å². The molecule has 0 spiro atoms. The Labute approximate surface area is 179 Å². The number of hydrogen-bond acceptors (Lipinski definition) is 3. The first-order valence-corrected chi connectivity index (χ1v) is 10.6. The van der Waals surface area contributed by atoms with E-state index in [2.05, 4.69) is 16.0 Å². The van der Waals surface area contributed by atoms with E-state index >= 15 is 0 Å². The van der Waals surface area contributed by atoms with Crippen molar-refractivity contribution in [1.29, 1.82) is 0 Å². The molecule has 1 atom stereocenters. The number of oxazole rings is 1. The van der Waals surface area contributed by atoms with Gasteiger partial charge in [-0.05, 0) is 55.2 Å². The van der Waals surface area contributed by atoms with Crippen LogP contribution in [-0.4, -0.2) is 33.9 Å². The molecule has 1 fully saturated rings. The fraction of sp³-hybridized carbons (Fsp3) is 0.280. The minimum atomic E-state index is -0.251. The second kappa shape index (κ2) is 8.02. The number of piperidine rings is 1. The number of nitrogens with one attached hydrogen (secondary N) is 1. The SMILES string of the molecule is Cc1ccc2cc(C(=O)N3CCC[C@@H](c4ncc(Cc5ccc(F)cc5)o4)C3)[nH]c2c1. The first kappa shape index (κ1) is 19.5. The number of likely N-dealkylation sites (tertiary alicyclic amines) is 1. The van der Waals surface area contributed by atoms with Crippen LogP contribution in [0.3, 0.4) is 0 Å². The summed E-state index contributed by atoms with van der Waals surface area (Å²) in [5, 5.41) is 1.04. The van der Waals surface area contributed by atoms with Crippen molar-refractivity contribution in [3.8, 4) is 0 Å². The van der Waals surface area contributed by atoms with Gasteiger partial charge in [-0.25, -0.2) is 9.37 Å².